The first-order chi connectivity index (χ1) is 20.3. The molecule has 6 atom stereocenters. The quantitative estimate of drug-likeness (QED) is 0.499. The molecule has 1 aliphatic carbocycles. The summed E-state index contributed by atoms with van der Waals surface area (Å²) < 4.78 is 12.5. The van der Waals surface area contributed by atoms with Gasteiger partial charge >= 0.3 is 0 Å². The van der Waals surface area contributed by atoms with E-state index in [0.717, 1.165) is 31.4 Å². The van der Waals surface area contributed by atoms with E-state index in [-0.39, 0.29) is 30.4 Å². The van der Waals surface area contributed by atoms with E-state index < -0.39 is 35.1 Å². The van der Waals surface area contributed by atoms with Gasteiger partial charge in [0.15, 0.2) is 0 Å². The van der Waals surface area contributed by atoms with Crippen LogP contribution in [-0.4, -0.2) is 88.3 Å². The molecule has 2 saturated heterocycles. The third kappa shape index (κ3) is 4.39. The Kier molecular flexibility index (Phi) is 7.68. The van der Waals surface area contributed by atoms with Crippen LogP contribution in [0.4, 0.5) is 5.69 Å². The summed E-state index contributed by atoms with van der Waals surface area (Å²) in [4.78, 5) is 48.9. The number of benzene rings is 1. The first-order valence-corrected chi connectivity index (χ1v) is 15.6. The average molecular weight is 578 g/mol. The number of rotatable bonds is 7. The van der Waals surface area contributed by atoms with Crippen LogP contribution in [0.15, 0.2) is 48.6 Å². The summed E-state index contributed by atoms with van der Waals surface area (Å²) in [7, 11) is 0. The summed E-state index contributed by atoms with van der Waals surface area (Å²) in [6.07, 6.45) is 13.3. The van der Waals surface area contributed by atoms with Crippen molar-refractivity contribution < 1.29 is 29.0 Å². The van der Waals surface area contributed by atoms with Crippen molar-refractivity contribution >= 4 is 23.4 Å². The average Bonchev–Trinajstić information content (AvgIpc) is 3.26. The van der Waals surface area contributed by atoms with Crippen LogP contribution in [0.2, 0.25) is 0 Å². The lowest BCUT2D eigenvalue weighted by Gasteiger charge is -2.42. The fourth-order valence-corrected chi connectivity index (χ4v) is 8.13. The fourth-order valence-electron chi connectivity index (χ4n) is 8.13. The zero-order valence-corrected chi connectivity index (χ0v) is 24.9. The molecule has 1 aromatic rings. The summed E-state index contributed by atoms with van der Waals surface area (Å²) in [6, 6.07) is 5.99. The van der Waals surface area contributed by atoms with Crippen molar-refractivity contribution in [2.24, 2.45) is 11.8 Å². The van der Waals surface area contributed by atoms with E-state index in [9.17, 15) is 19.5 Å². The third-order valence-electron chi connectivity index (χ3n) is 10.1. The number of carbonyl (C=O) groups is 3. The van der Waals surface area contributed by atoms with Crippen LogP contribution in [0.3, 0.4) is 0 Å². The van der Waals surface area contributed by atoms with Crippen molar-refractivity contribution in [2.75, 3.05) is 31.2 Å². The molecule has 3 amide bonds. The van der Waals surface area contributed by atoms with E-state index in [2.05, 4.69) is 0 Å². The number of hydrogen-bond acceptors (Lipinski definition) is 6. The Balaban J connectivity index is 1.43. The Hall–Kier alpha value is -3.17. The summed E-state index contributed by atoms with van der Waals surface area (Å²) >= 11 is 0. The first-order valence-electron chi connectivity index (χ1n) is 15.6. The van der Waals surface area contributed by atoms with Crippen molar-refractivity contribution in [2.45, 2.75) is 88.6 Å². The smallest absolute Gasteiger partial charge is 0.249 e. The lowest BCUT2D eigenvalue weighted by molar-refractivity contribution is -0.156. The molecule has 4 heterocycles. The largest absolute Gasteiger partial charge is 0.494 e. The minimum atomic E-state index is -1.32. The molecule has 9 heteroatoms. The molecule has 1 aromatic carbocycles. The predicted octanol–water partition coefficient (Wildman–Crippen LogP) is 3.46. The molecule has 1 N–H and O–H groups in total. The number of aliphatic hydroxyl groups is 1. The standard InChI is InChI=1S/C33H43N3O6/c1-4-22(21-37)36-28-31(40)35(23-11-7-6-8-12-23)20-10-18-33(28)27(30(36)39)26-29(38)34(19-9-17-32(26,3)42-33)24-13-15-25(16-14-24)41-5-2/h9-10,13-18,22-23,26-28,37H,4-8,11-12,19-21H2,1-3H3/t22-,26+,27-,28?,32-,33-/m0/s1. The molecular weight excluding hydrogens is 534 g/mol. The SMILES string of the molecule is CCOc1ccc(N2CC=C[C@]3(C)O[C@]45C=CCN(C6CCCCC6)C(=O)C4N([C@@H](CC)CO)C(=O)[C@@H]5[C@@H]3C2=O)cc1. The van der Waals surface area contributed by atoms with Crippen molar-refractivity contribution in [3.8, 4) is 5.75 Å². The van der Waals surface area contributed by atoms with Crippen molar-refractivity contribution in [1.82, 2.24) is 9.80 Å². The maximum atomic E-state index is 14.6. The first kappa shape index (κ1) is 28.9. The molecule has 226 valence electrons. The number of aliphatic hydroxyl groups excluding tert-OH is 1. The maximum absolute atomic E-state index is 14.6. The predicted molar refractivity (Wildman–Crippen MR) is 158 cm³/mol. The van der Waals surface area contributed by atoms with Crippen molar-refractivity contribution in [3.05, 3.63) is 48.6 Å². The van der Waals surface area contributed by atoms with Gasteiger partial charge in [-0.25, -0.2) is 0 Å². The van der Waals surface area contributed by atoms with Gasteiger partial charge in [0, 0.05) is 24.8 Å². The maximum Gasteiger partial charge on any atom is 0.249 e. The molecule has 0 aromatic heterocycles. The van der Waals surface area contributed by atoms with Gasteiger partial charge in [0.2, 0.25) is 17.7 Å². The highest BCUT2D eigenvalue weighted by atomic mass is 16.5. The number of amides is 3. The summed E-state index contributed by atoms with van der Waals surface area (Å²) in [5.41, 5.74) is -1.70. The molecule has 0 radical (unpaired) electrons. The Morgan fingerprint density at radius 1 is 0.952 bits per heavy atom. The number of carbonyl (C=O) groups excluding carboxylic acids is 3. The minimum Gasteiger partial charge on any atom is -0.494 e. The molecule has 4 aliphatic heterocycles. The second-order valence-electron chi connectivity index (χ2n) is 12.5. The van der Waals surface area contributed by atoms with Crippen LogP contribution >= 0.6 is 0 Å². The Labute approximate surface area is 248 Å². The highest BCUT2D eigenvalue weighted by Crippen LogP contribution is 2.58. The van der Waals surface area contributed by atoms with Gasteiger partial charge in [-0.3, -0.25) is 14.4 Å². The van der Waals surface area contributed by atoms with Gasteiger partial charge in [-0.15, -0.1) is 0 Å². The van der Waals surface area contributed by atoms with Crippen LogP contribution in [0.1, 0.15) is 59.3 Å². The van der Waals surface area contributed by atoms with E-state index in [0.29, 0.717) is 31.8 Å². The van der Waals surface area contributed by atoms with Gasteiger partial charge in [-0.05, 0) is 57.4 Å². The van der Waals surface area contributed by atoms with E-state index in [1.165, 1.54) is 6.42 Å². The number of nitrogens with zero attached hydrogens (tertiary/aromatic N) is 3. The molecule has 1 spiro atoms. The van der Waals surface area contributed by atoms with Gasteiger partial charge < -0.3 is 29.3 Å². The molecule has 42 heavy (non-hydrogen) atoms. The number of ether oxygens (including phenoxy) is 2. The monoisotopic (exact) mass is 577 g/mol. The van der Waals surface area contributed by atoms with Gasteiger partial charge in [-0.2, -0.15) is 0 Å². The van der Waals surface area contributed by atoms with Gasteiger partial charge in [0.05, 0.1) is 36.7 Å². The highest BCUT2D eigenvalue weighted by Gasteiger charge is 2.75. The summed E-state index contributed by atoms with van der Waals surface area (Å²) in [5.74, 6) is -1.69. The van der Waals surface area contributed by atoms with Gasteiger partial charge in [-0.1, -0.05) is 50.5 Å². The zero-order chi connectivity index (χ0) is 29.6. The molecule has 3 fully saturated rings. The Morgan fingerprint density at radius 2 is 1.67 bits per heavy atom. The van der Waals surface area contributed by atoms with E-state index in [1.54, 1.807) is 9.80 Å². The van der Waals surface area contributed by atoms with E-state index in [1.807, 2.05) is 74.2 Å². The summed E-state index contributed by atoms with van der Waals surface area (Å²) in [6.45, 7) is 6.74. The zero-order valence-electron chi connectivity index (χ0n) is 24.9. The lowest BCUT2D eigenvalue weighted by Crippen LogP contribution is -2.60. The molecule has 1 unspecified atom stereocenters. The fraction of sp³-hybridized carbons (Fsp3) is 0.606. The molecule has 6 rings (SSSR count). The number of hydrogen-bond donors (Lipinski definition) is 1. The molecule has 9 nitrogen and oxygen atoms in total. The number of likely N-dealkylation sites (tertiary alicyclic amines) is 1. The minimum absolute atomic E-state index is 0.107. The molecule has 1 saturated carbocycles. The van der Waals surface area contributed by atoms with Crippen LogP contribution in [-0.2, 0) is 19.1 Å². The molecule has 5 aliphatic rings. The van der Waals surface area contributed by atoms with Gasteiger partial charge in [0.1, 0.15) is 17.4 Å². The van der Waals surface area contributed by atoms with Crippen LogP contribution < -0.4 is 9.64 Å². The van der Waals surface area contributed by atoms with Crippen LogP contribution in [0, 0.1) is 11.8 Å². The van der Waals surface area contributed by atoms with E-state index in [4.69, 9.17) is 9.47 Å². The summed E-state index contributed by atoms with van der Waals surface area (Å²) in [5, 5.41) is 10.4. The second-order valence-corrected chi connectivity index (χ2v) is 12.5. The normalized spacial score (nSPS) is 33.8. The van der Waals surface area contributed by atoms with Crippen LogP contribution in [0.5, 0.6) is 5.75 Å². The molecule has 0 bridgehead atoms. The highest BCUT2D eigenvalue weighted by molar-refractivity contribution is 6.04. The van der Waals surface area contributed by atoms with Gasteiger partial charge in [0.25, 0.3) is 0 Å². The van der Waals surface area contributed by atoms with Crippen molar-refractivity contribution in [3.63, 3.8) is 0 Å². The molecular formula is C33H43N3O6. The Bertz CT molecular complexity index is 1270. The van der Waals surface area contributed by atoms with E-state index >= 15 is 0 Å². The second kappa shape index (κ2) is 11.2. The number of anilines is 1. The lowest BCUT2D eigenvalue weighted by atomic mass is 9.74. The topological polar surface area (TPSA) is 99.6 Å². The number of fused-ring (bicyclic) bond motifs is 2. The van der Waals surface area contributed by atoms with Crippen molar-refractivity contribution in [1.29, 1.82) is 0 Å². The van der Waals surface area contributed by atoms with Crippen LogP contribution in [0.25, 0.3) is 0 Å². The Morgan fingerprint density at radius 3 is 2.33 bits per heavy atom. The third-order valence-corrected chi connectivity index (χ3v) is 10.1.